The largest absolute Gasteiger partial charge is 0.356 e. The Bertz CT molecular complexity index is 269. The zero-order chi connectivity index (χ0) is 12.3. The molecule has 0 aromatic carbocycles. The van der Waals surface area contributed by atoms with Crippen LogP contribution in [0, 0.1) is 23.7 Å². The number of halogens is 1. The summed E-state index contributed by atoms with van der Waals surface area (Å²) in [5.41, 5.74) is 0. The maximum Gasteiger partial charge on any atom is 0.220 e. The molecule has 2 aliphatic carbocycles. The van der Waals surface area contributed by atoms with Crippen molar-refractivity contribution >= 4 is 17.5 Å². The molecule has 2 nitrogen and oxygen atoms in total. The van der Waals surface area contributed by atoms with Gasteiger partial charge in [0.25, 0.3) is 0 Å². The first kappa shape index (κ1) is 13.2. The van der Waals surface area contributed by atoms with Gasteiger partial charge in [0.05, 0.1) is 0 Å². The van der Waals surface area contributed by atoms with E-state index in [0.29, 0.717) is 17.7 Å². The van der Waals surface area contributed by atoms with Crippen LogP contribution in [0.15, 0.2) is 0 Å². The van der Waals surface area contributed by atoms with Crippen LogP contribution in [0.4, 0.5) is 0 Å². The Balaban J connectivity index is 1.64. The molecule has 0 aliphatic heterocycles. The monoisotopic (exact) mass is 257 g/mol. The molecule has 3 heteroatoms. The van der Waals surface area contributed by atoms with Crippen molar-refractivity contribution in [1.82, 2.24) is 5.32 Å². The second-order valence-corrected chi connectivity index (χ2v) is 6.40. The van der Waals surface area contributed by atoms with Gasteiger partial charge in [0.15, 0.2) is 0 Å². The molecule has 2 saturated carbocycles. The van der Waals surface area contributed by atoms with Crippen molar-refractivity contribution < 1.29 is 4.79 Å². The third-order valence-electron chi connectivity index (χ3n) is 4.58. The van der Waals surface area contributed by atoms with Gasteiger partial charge in [0, 0.05) is 18.8 Å². The molecule has 0 spiro atoms. The number of hydrogen-bond donors (Lipinski definition) is 1. The molecule has 2 bridgehead atoms. The van der Waals surface area contributed by atoms with E-state index in [1.807, 2.05) is 0 Å². The number of alkyl halides is 1. The molecule has 2 fully saturated rings. The second-order valence-electron chi connectivity index (χ2n) is 6.03. The molecule has 0 heterocycles. The van der Waals surface area contributed by atoms with Crippen LogP contribution in [0.25, 0.3) is 0 Å². The predicted molar refractivity (Wildman–Crippen MR) is 71.1 cm³/mol. The van der Waals surface area contributed by atoms with E-state index < -0.39 is 0 Å². The van der Waals surface area contributed by atoms with Gasteiger partial charge in [-0.05, 0) is 49.4 Å². The highest BCUT2D eigenvalue weighted by Gasteiger charge is 2.39. The Morgan fingerprint density at radius 2 is 2.24 bits per heavy atom. The van der Waals surface area contributed by atoms with Gasteiger partial charge < -0.3 is 5.32 Å². The van der Waals surface area contributed by atoms with E-state index in [0.717, 1.165) is 31.2 Å². The maximum atomic E-state index is 11.8. The minimum absolute atomic E-state index is 0.254. The van der Waals surface area contributed by atoms with E-state index in [-0.39, 0.29) is 5.91 Å². The molecular weight excluding hydrogens is 234 g/mol. The number of hydrogen-bond acceptors (Lipinski definition) is 1. The summed E-state index contributed by atoms with van der Waals surface area (Å²) in [6, 6.07) is 0. The van der Waals surface area contributed by atoms with Crippen molar-refractivity contribution in [2.45, 2.75) is 45.4 Å². The molecule has 0 aromatic rings. The minimum Gasteiger partial charge on any atom is -0.356 e. The van der Waals surface area contributed by atoms with Gasteiger partial charge in [0.2, 0.25) is 5.91 Å². The first-order valence-corrected chi connectivity index (χ1v) is 7.55. The van der Waals surface area contributed by atoms with Crippen molar-refractivity contribution in [2.24, 2.45) is 23.7 Å². The van der Waals surface area contributed by atoms with Crippen molar-refractivity contribution in [3.8, 4) is 0 Å². The van der Waals surface area contributed by atoms with Crippen LogP contribution < -0.4 is 5.32 Å². The molecule has 0 radical (unpaired) electrons. The summed E-state index contributed by atoms with van der Waals surface area (Å²) < 4.78 is 0. The van der Waals surface area contributed by atoms with E-state index in [1.165, 1.54) is 25.7 Å². The van der Waals surface area contributed by atoms with E-state index in [9.17, 15) is 4.79 Å². The van der Waals surface area contributed by atoms with Crippen molar-refractivity contribution in [1.29, 1.82) is 0 Å². The number of amides is 1. The molecule has 4 unspecified atom stereocenters. The fraction of sp³-hybridized carbons (Fsp3) is 0.929. The van der Waals surface area contributed by atoms with Gasteiger partial charge in [-0.1, -0.05) is 13.3 Å². The normalized spacial score (nSPS) is 32.7. The van der Waals surface area contributed by atoms with Crippen LogP contribution in [-0.2, 0) is 4.79 Å². The molecule has 2 rings (SSSR count). The van der Waals surface area contributed by atoms with Crippen LogP contribution in [0.5, 0.6) is 0 Å². The molecule has 1 amide bonds. The van der Waals surface area contributed by atoms with Crippen LogP contribution >= 0.6 is 11.6 Å². The number of rotatable bonds is 6. The van der Waals surface area contributed by atoms with Crippen LogP contribution in [0.3, 0.4) is 0 Å². The van der Waals surface area contributed by atoms with Crippen molar-refractivity contribution in [2.75, 3.05) is 12.4 Å². The Morgan fingerprint density at radius 1 is 1.41 bits per heavy atom. The van der Waals surface area contributed by atoms with Crippen LogP contribution in [-0.4, -0.2) is 18.3 Å². The zero-order valence-electron chi connectivity index (χ0n) is 10.8. The SMILES string of the molecule is CC(CCCl)CNC(=O)CC1CC2CCC1C2. The quantitative estimate of drug-likeness (QED) is 0.728. The van der Waals surface area contributed by atoms with E-state index in [4.69, 9.17) is 11.6 Å². The molecule has 1 N–H and O–H groups in total. The standard InChI is InChI=1S/C14H24ClNO/c1-10(4-5-15)9-16-14(17)8-13-7-11-2-3-12(13)6-11/h10-13H,2-9H2,1H3,(H,16,17). The smallest absolute Gasteiger partial charge is 0.220 e. The first-order valence-electron chi connectivity index (χ1n) is 7.01. The molecule has 0 aromatic heterocycles. The van der Waals surface area contributed by atoms with E-state index in [1.54, 1.807) is 0 Å². The summed E-state index contributed by atoms with van der Waals surface area (Å²) in [6.07, 6.45) is 7.21. The average Bonchev–Trinajstić information content (AvgIpc) is 2.88. The van der Waals surface area contributed by atoms with Crippen molar-refractivity contribution in [3.05, 3.63) is 0 Å². The molecular formula is C14H24ClNO. The first-order chi connectivity index (χ1) is 8.19. The number of carbonyl (C=O) groups excluding carboxylic acids is 1. The molecule has 4 atom stereocenters. The van der Waals surface area contributed by atoms with Gasteiger partial charge in [-0.25, -0.2) is 0 Å². The fourth-order valence-corrected chi connectivity index (χ4v) is 3.89. The van der Waals surface area contributed by atoms with Crippen molar-refractivity contribution in [3.63, 3.8) is 0 Å². The average molecular weight is 258 g/mol. The molecule has 2 aliphatic rings. The topological polar surface area (TPSA) is 29.1 Å². The summed E-state index contributed by atoms with van der Waals surface area (Å²) >= 11 is 5.68. The summed E-state index contributed by atoms with van der Waals surface area (Å²) in [5, 5.41) is 3.06. The van der Waals surface area contributed by atoms with Gasteiger partial charge in [-0.2, -0.15) is 0 Å². The highest BCUT2D eigenvalue weighted by Crippen LogP contribution is 2.49. The Hall–Kier alpha value is -0.240. The number of fused-ring (bicyclic) bond motifs is 2. The summed E-state index contributed by atoms with van der Waals surface area (Å²) in [4.78, 5) is 11.8. The van der Waals surface area contributed by atoms with Gasteiger partial charge >= 0.3 is 0 Å². The molecule has 17 heavy (non-hydrogen) atoms. The van der Waals surface area contributed by atoms with Gasteiger partial charge in [-0.3, -0.25) is 4.79 Å². The molecule has 0 saturated heterocycles. The van der Waals surface area contributed by atoms with Crippen LogP contribution in [0.2, 0.25) is 0 Å². The fourth-order valence-electron chi connectivity index (χ4n) is 3.51. The lowest BCUT2D eigenvalue weighted by molar-refractivity contribution is -0.122. The van der Waals surface area contributed by atoms with Crippen LogP contribution in [0.1, 0.15) is 45.4 Å². The summed E-state index contributed by atoms with van der Waals surface area (Å²) in [7, 11) is 0. The Morgan fingerprint density at radius 3 is 2.82 bits per heavy atom. The molecule has 98 valence electrons. The minimum atomic E-state index is 0.254. The third-order valence-corrected chi connectivity index (χ3v) is 4.80. The lowest BCUT2D eigenvalue weighted by Crippen LogP contribution is -2.31. The van der Waals surface area contributed by atoms with Gasteiger partial charge in [0.1, 0.15) is 0 Å². The van der Waals surface area contributed by atoms with Gasteiger partial charge in [-0.15, -0.1) is 11.6 Å². The summed E-state index contributed by atoms with van der Waals surface area (Å²) in [6.45, 7) is 2.92. The lowest BCUT2D eigenvalue weighted by atomic mass is 9.86. The maximum absolute atomic E-state index is 11.8. The third kappa shape index (κ3) is 3.61. The number of nitrogens with one attached hydrogen (secondary N) is 1. The Labute approximate surface area is 109 Å². The van der Waals surface area contributed by atoms with E-state index in [2.05, 4.69) is 12.2 Å². The lowest BCUT2D eigenvalue weighted by Gasteiger charge is -2.21. The predicted octanol–water partition coefficient (Wildman–Crippen LogP) is 3.19. The van der Waals surface area contributed by atoms with E-state index >= 15 is 0 Å². The Kier molecular flexibility index (Phi) is 4.72. The highest BCUT2D eigenvalue weighted by atomic mass is 35.5. The highest BCUT2D eigenvalue weighted by molar-refractivity contribution is 6.17. The summed E-state index contributed by atoms with van der Waals surface area (Å²) in [5.74, 6) is 3.90. The number of carbonyl (C=O) groups is 1. The second kappa shape index (κ2) is 6.08. The zero-order valence-corrected chi connectivity index (χ0v) is 11.5.